The molecule has 0 N–H and O–H groups in total. The summed E-state index contributed by atoms with van der Waals surface area (Å²) in [5.41, 5.74) is 0.893. The van der Waals surface area contributed by atoms with Gasteiger partial charge in [-0.1, -0.05) is 6.07 Å². The van der Waals surface area contributed by atoms with E-state index >= 15 is 0 Å². The number of carbonyl (C=O) groups excluding carboxylic acids is 1. The second-order valence-corrected chi connectivity index (χ2v) is 5.24. The molecule has 5 nitrogen and oxygen atoms in total. The van der Waals surface area contributed by atoms with Crippen LogP contribution in [0, 0.1) is 17.0 Å². The topological polar surface area (TPSA) is 63.5 Å². The Kier molecular flexibility index (Phi) is 3.55. The highest BCUT2D eigenvalue weighted by molar-refractivity contribution is 5.97. The molecular formula is C14H18N2O3. The second-order valence-electron chi connectivity index (χ2n) is 5.24. The van der Waals surface area contributed by atoms with Crippen LogP contribution < -0.4 is 0 Å². The minimum Gasteiger partial charge on any atom is -0.333 e. The fourth-order valence-electron chi connectivity index (χ4n) is 2.37. The molecule has 0 saturated heterocycles. The largest absolute Gasteiger partial charge is 0.333 e. The van der Waals surface area contributed by atoms with Crippen LogP contribution in [0.3, 0.4) is 0 Å². The molecule has 0 aromatic heterocycles. The van der Waals surface area contributed by atoms with Gasteiger partial charge >= 0.3 is 0 Å². The smallest absolute Gasteiger partial charge is 0.273 e. The number of benzene rings is 1. The predicted octanol–water partition coefficient (Wildman–Crippen LogP) is 2.92. The highest BCUT2D eigenvalue weighted by atomic mass is 16.6. The summed E-state index contributed by atoms with van der Waals surface area (Å²) < 4.78 is 0. The maximum Gasteiger partial charge on any atom is 0.273 e. The highest BCUT2D eigenvalue weighted by Gasteiger charge is 2.35. The maximum absolute atomic E-state index is 12.6. The van der Waals surface area contributed by atoms with Crippen molar-refractivity contribution in [2.24, 2.45) is 0 Å². The molecule has 0 radical (unpaired) electrons. The molecular weight excluding hydrogens is 244 g/mol. The van der Waals surface area contributed by atoms with E-state index in [0.29, 0.717) is 17.2 Å². The highest BCUT2D eigenvalue weighted by Crippen LogP contribution is 2.31. The second kappa shape index (κ2) is 4.99. The van der Waals surface area contributed by atoms with Crippen LogP contribution in [-0.4, -0.2) is 27.8 Å². The molecule has 5 heteroatoms. The van der Waals surface area contributed by atoms with Crippen molar-refractivity contribution in [3.05, 3.63) is 39.4 Å². The summed E-state index contributed by atoms with van der Waals surface area (Å²) in [4.78, 5) is 24.9. The SMILES string of the molecule is Cc1c(C(=O)N(C(C)C)C2CC2)cccc1[N+](=O)[O-]. The van der Waals surface area contributed by atoms with Crippen molar-refractivity contribution >= 4 is 11.6 Å². The van der Waals surface area contributed by atoms with Crippen LogP contribution in [0.4, 0.5) is 5.69 Å². The number of hydrogen-bond donors (Lipinski definition) is 0. The molecule has 1 aliphatic carbocycles. The molecule has 1 aromatic carbocycles. The van der Waals surface area contributed by atoms with Crippen molar-refractivity contribution in [1.29, 1.82) is 0 Å². The average molecular weight is 262 g/mol. The fourth-order valence-corrected chi connectivity index (χ4v) is 2.37. The van der Waals surface area contributed by atoms with E-state index in [1.807, 2.05) is 18.7 Å². The summed E-state index contributed by atoms with van der Waals surface area (Å²) >= 11 is 0. The van der Waals surface area contributed by atoms with Crippen LogP contribution in [0.15, 0.2) is 18.2 Å². The average Bonchev–Trinajstić information content (AvgIpc) is 3.12. The molecule has 0 spiro atoms. The van der Waals surface area contributed by atoms with Gasteiger partial charge in [0.2, 0.25) is 0 Å². The number of amides is 1. The Bertz CT molecular complexity index is 519. The van der Waals surface area contributed by atoms with Gasteiger partial charge in [-0.3, -0.25) is 14.9 Å². The molecule has 102 valence electrons. The molecule has 1 saturated carbocycles. The lowest BCUT2D eigenvalue weighted by atomic mass is 10.0. The molecule has 1 aliphatic rings. The predicted molar refractivity (Wildman–Crippen MR) is 72.2 cm³/mol. The third-order valence-corrected chi connectivity index (χ3v) is 3.46. The van der Waals surface area contributed by atoms with Crippen molar-refractivity contribution in [3.8, 4) is 0 Å². The lowest BCUT2D eigenvalue weighted by Crippen LogP contribution is -2.39. The standard InChI is InChI=1S/C14H18N2O3/c1-9(2)15(11-7-8-11)14(17)12-5-4-6-13(10(12)3)16(18)19/h4-6,9,11H,7-8H2,1-3H3. The van der Waals surface area contributed by atoms with Gasteiger partial charge in [0.1, 0.15) is 0 Å². The molecule has 1 amide bonds. The summed E-state index contributed by atoms with van der Waals surface area (Å²) in [6, 6.07) is 5.08. The number of nitro benzene ring substituents is 1. The van der Waals surface area contributed by atoms with Crippen molar-refractivity contribution in [1.82, 2.24) is 4.90 Å². The van der Waals surface area contributed by atoms with E-state index in [2.05, 4.69) is 0 Å². The number of rotatable bonds is 4. The monoisotopic (exact) mass is 262 g/mol. The molecule has 0 unspecified atom stereocenters. The summed E-state index contributed by atoms with van der Waals surface area (Å²) in [6.45, 7) is 5.59. The minimum absolute atomic E-state index is 0.00496. The van der Waals surface area contributed by atoms with Gasteiger partial charge < -0.3 is 4.90 Å². The first-order chi connectivity index (χ1) is 8.93. The van der Waals surface area contributed by atoms with Crippen molar-refractivity contribution in [2.45, 2.75) is 45.7 Å². The van der Waals surface area contributed by atoms with Crippen LogP contribution in [0.2, 0.25) is 0 Å². The summed E-state index contributed by atoms with van der Waals surface area (Å²) in [7, 11) is 0. The Hall–Kier alpha value is -1.91. The van der Waals surface area contributed by atoms with Crippen LogP contribution in [0.25, 0.3) is 0 Å². The van der Waals surface area contributed by atoms with E-state index in [4.69, 9.17) is 0 Å². The van der Waals surface area contributed by atoms with Crippen molar-refractivity contribution in [2.75, 3.05) is 0 Å². The van der Waals surface area contributed by atoms with E-state index in [1.54, 1.807) is 19.1 Å². The Morgan fingerprint density at radius 2 is 2.05 bits per heavy atom. The van der Waals surface area contributed by atoms with Gasteiger partial charge in [0.25, 0.3) is 11.6 Å². The van der Waals surface area contributed by atoms with Gasteiger partial charge in [-0.15, -0.1) is 0 Å². The lowest BCUT2D eigenvalue weighted by molar-refractivity contribution is -0.385. The zero-order valence-corrected chi connectivity index (χ0v) is 11.4. The first-order valence-corrected chi connectivity index (χ1v) is 6.50. The van der Waals surface area contributed by atoms with Crippen LogP contribution in [0.1, 0.15) is 42.6 Å². The van der Waals surface area contributed by atoms with E-state index in [-0.39, 0.29) is 17.6 Å². The number of hydrogen-bond acceptors (Lipinski definition) is 3. The van der Waals surface area contributed by atoms with Gasteiger partial charge in [0.15, 0.2) is 0 Å². The molecule has 0 aliphatic heterocycles. The van der Waals surface area contributed by atoms with E-state index in [1.165, 1.54) is 6.07 Å². The van der Waals surface area contributed by atoms with Gasteiger partial charge in [-0.05, 0) is 39.7 Å². The van der Waals surface area contributed by atoms with Gasteiger partial charge in [-0.25, -0.2) is 0 Å². The van der Waals surface area contributed by atoms with Crippen molar-refractivity contribution in [3.63, 3.8) is 0 Å². The summed E-state index contributed by atoms with van der Waals surface area (Å²) in [6.07, 6.45) is 2.05. The van der Waals surface area contributed by atoms with Crippen LogP contribution in [-0.2, 0) is 0 Å². The van der Waals surface area contributed by atoms with E-state index in [9.17, 15) is 14.9 Å². The molecule has 0 heterocycles. The summed E-state index contributed by atoms with van der Waals surface area (Å²) in [5.74, 6) is -0.0984. The minimum atomic E-state index is -0.442. The number of nitro groups is 1. The first kappa shape index (κ1) is 13.5. The molecule has 19 heavy (non-hydrogen) atoms. The number of nitrogens with zero attached hydrogens (tertiary/aromatic N) is 2. The van der Waals surface area contributed by atoms with E-state index in [0.717, 1.165) is 12.8 Å². The fraction of sp³-hybridized carbons (Fsp3) is 0.500. The first-order valence-electron chi connectivity index (χ1n) is 6.50. The van der Waals surface area contributed by atoms with Crippen molar-refractivity contribution < 1.29 is 9.72 Å². The maximum atomic E-state index is 12.6. The molecule has 0 bridgehead atoms. The Labute approximate surface area is 112 Å². The Morgan fingerprint density at radius 3 is 2.53 bits per heavy atom. The summed E-state index contributed by atoms with van der Waals surface area (Å²) in [5, 5.41) is 10.9. The zero-order chi connectivity index (χ0) is 14.2. The van der Waals surface area contributed by atoms with Crippen LogP contribution >= 0.6 is 0 Å². The molecule has 2 rings (SSSR count). The molecule has 1 aromatic rings. The van der Waals surface area contributed by atoms with Gasteiger partial charge in [0, 0.05) is 29.3 Å². The third kappa shape index (κ3) is 2.59. The van der Waals surface area contributed by atoms with Crippen LogP contribution in [0.5, 0.6) is 0 Å². The Balaban J connectivity index is 2.38. The zero-order valence-electron chi connectivity index (χ0n) is 11.4. The molecule has 1 fully saturated rings. The third-order valence-electron chi connectivity index (χ3n) is 3.46. The Morgan fingerprint density at radius 1 is 1.42 bits per heavy atom. The lowest BCUT2D eigenvalue weighted by Gasteiger charge is -2.27. The van der Waals surface area contributed by atoms with Gasteiger partial charge in [-0.2, -0.15) is 0 Å². The quantitative estimate of drug-likeness (QED) is 0.619. The van der Waals surface area contributed by atoms with E-state index < -0.39 is 4.92 Å². The molecule has 0 atom stereocenters. The normalized spacial score (nSPS) is 14.5. The number of carbonyl (C=O) groups is 1. The van der Waals surface area contributed by atoms with Gasteiger partial charge in [0.05, 0.1) is 4.92 Å².